The quantitative estimate of drug-likeness (QED) is 0.330. The number of aryl methyl sites for hydroxylation is 1. The lowest BCUT2D eigenvalue weighted by atomic mass is 9.90. The van der Waals surface area contributed by atoms with Crippen LogP contribution in [0.5, 0.6) is 11.6 Å². The fourth-order valence-corrected chi connectivity index (χ4v) is 5.26. The van der Waals surface area contributed by atoms with E-state index in [0.717, 1.165) is 27.8 Å². The summed E-state index contributed by atoms with van der Waals surface area (Å²) in [6, 6.07) is 12.5. The van der Waals surface area contributed by atoms with Gasteiger partial charge in [-0.3, -0.25) is 4.79 Å². The molecule has 1 N–H and O–H groups in total. The smallest absolute Gasteiger partial charge is 0.304 e. The maximum Gasteiger partial charge on any atom is 0.304 e. The Morgan fingerprint density at radius 3 is 2.64 bits per heavy atom. The van der Waals surface area contributed by atoms with E-state index in [1.54, 1.807) is 25.3 Å². The second kappa shape index (κ2) is 11.1. The Hall–Kier alpha value is -3.89. The maximum atomic E-state index is 15.1. The summed E-state index contributed by atoms with van der Waals surface area (Å²) in [6.45, 7) is 7.77. The molecule has 1 aliphatic carbocycles. The Morgan fingerprint density at radius 2 is 2.00 bits per heavy atom. The van der Waals surface area contributed by atoms with Gasteiger partial charge >= 0.3 is 5.97 Å². The lowest BCUT2D eigenvalue weighted by molar-refractivity contribution is -0.137. The van der Waals surface area contributed by atoms with Crippen LogP contribution in [0, 0.1) is 30.0 Å². The molecule has 0 saturated carbocycles. The SMILES string of the molecule is CC#C[C@@H](CC(=O)O)c1ccc(O[C@@H]2CCc3c(-c4cnc(OCC5(C)COC5)cc4C)ccc(F)c32)cc1. The molecule has 1 saturated heterocycles. The highest BCUT2D eigenvalue weighted by Gasteiger charge is 2.34. The normalized spacial score (nSPS) is 17.8. The van der Waals surface area contributed by atoms with Crippen molar-refractivity contribution in [1.29, 1.82) is 0 Å². The van der Waals surface area contributed by atoms with Crippen LogP contribution in [0.15, 0.2) is 48.7 Å². The van der Waals surface area contributed by atoms with E-state index in [1.165, 1.54) is 6.07 Å². The number of halogens is 1. The van der Waals surface area contributed by atoms with E-state index in [9.17, 15) is 9.90 Å². The van der Waals surface area contributed by atoms with Gasteiger partial charge in [0, 0.05) is 28.8 Å². The van der Waals surface area contributed by atoms with Crippen molar-refractivity contribution in [3.05, 3.63) is 76.7 Å². The topological polar surface area (TPSA) is 77.9 Å². The van der Waals surface area contributed by atoms with E-state index < -0.39 is 18.0 Å². The van der Waals surface area contributed by atoms with Gasteiger partial charge in [-0.05, 0) is 67.1 Å². The van der Waals surface area contributed by atoms with Crippen molar-refractivity contribution in [2.24, 2.45) is 5.41 Å². The van der Waals surface area contributed by atoms with E-state index in [4.69, 9.17) is 14.2 Å². The molecule has 1 aliphatic heterocycles. The summed E-state index contributed by atoms with van der Waals surface area (Å²) in [6.07, 6.45) is 2.66. The fourth-order valence-electron chi connectivity index (χ4n) is 5.26. The van der Waals surface area contributed by atoms with Crippen LogP contribution in [0.25, 0.3) is 11.1 Å². The predicted molar refractivity (Wildman–Crippen MR) is 145 cm³/mol. The second-order valence-corrected chi connectivity index (χ2v) is 10.7. The molecule has 3 aromatic rings. The third-order valence-electron chi connectivity index (χ3n) is 7.39. The van der Waals surface area contributed by atoms with Crippen LogP contribution < -0.4 is 9.47 Å². The summed E-state index contributed by atoms with van der Waals surface area (Å²) in [7, 11) is 0. The highest BCUT2D eigenvalue weighted by atomic mass is 19.1. The van der Waals surface area contributed by atoms with E-state index in [0.29, 0.717) is 49.9 Å². The van der Waals surface area contributed by atoms with Crippen molar-refractivity contribution in [3.8, 4) is 34.6 Å². The molecule has 2 atom stereocenters. The third-order valence-corrected chi connectivity index (χ3v) is 7.39. The van der Waals surface area contributed by atoms with E-state index >= 15 is 4.39 Å². The van der Waals surface area contributed by atoms with Gasteiger partial charge in [-0.25, -0.2) is 9.37 Å². The fraction of sp³-hybridized carbons (Fsp3) is 0.375. The van der Waals surface area contributed by atoms with Gasteiger partial charge in [0.15, 0.2) is 0 Å². The minimum Gasteiger partial charge on any atom is -0.486 e. The number of pyridine rings is 1. The molecular weight excluding hydrogens is 497 g/mol. The number of hydrogen-bond acceptors (Lipinski definition) is 5. The van der Waals surface area contributed by atoms with Gasteiger partial charge in [-0.1, -0.05) is 31.0 Å². The van der Waals surface area contributed by atoms with Gasteiger partial charge in [0.1, 0.15) is 17.7 Å². The number of ether oxygens (including phenoxy) is 3. The summed E-state index contributed by atoms with van der Waals surface area (Å²) in [5.41, 5.74) is 5.27. The molecule has 0 bridgehead atoms. The largest absolute Gasteiger partial charge is 0.486 e. The Morgan fingerprint density at radius 1 is 1.23 bits per heavy atom. The lowest BCUT2D eigenvalue weighted by Gasteiger charge is -2.37. The Balaban J connectivity index is 1.34. The molecule has 0 radical (unpaired) electrons. The first kappa shape index (κ1) is 26.7. The average molecular weight is 530 g/mol. The van der Waals surface area contributed by atoms with Crippen molar-refractivity contribution < 1.29 is 28.5 Å². The van der Waals surface area contributed by atoms with Crippen LogP contribution in [0.4, 0.5) is 4.39 Å². The molecule has 1 aromatic heterocycles. The Kier molecular flexibility index (Phi) is 7.58. The first-order chi connectivity index (χ1) is 18.8. The number of benzene rings is 2. The zero-order valence-electron chi connectivity index (χ0n) is 22.4. The van der Waals surface area contributed by atoms with Crippen molar-refractivity contribution in [1.82, 2.24) is 4.98 Å². The standard InChI is InChI=1S/C32H32FNO5/c1-4-5-22(15-30(35)36)21-6-8-23(9-7-21)39-28-13-11-25-24(10-12-27(33)31(25)28)26-16-34-29(14-20(26)2)38-19-32(3)17-37-18-32/h6-10,12,14,16,22,28H,11,13,15,17-19H2,1-3H3,(H,35,36)/t22-,28+/m0/s1. The molecule has 2 aromatic carbocycles. The molecule has 1 fully saturated rings. The Bertz CT molecular complexity index is 1440. The van der Waals surface area contributed by atoms with Gasteiger partial charge in [-0.2, -0.15) is 0 Å². The minimum absolute atomic E-state index is 0.0329. The number of fused-ring (bicyclic) bond motifs is 1. The van der Waals surface area contributed by atoms with E-state index in [2.05, 4.69) is 23.7 Å². The van der Waals surface area contributed by atoms with Crippen LogP contribution in [0.2, 0.25) is 0 Å². The third kappa shape index (κ3) is 5.76. The number of carbonyl (C=O) groups is 1. The van der Waals surface area contributed by atoms with E-state index in [1.807, 2.05) is 31.2 Å². The predicted octanol–water partition coefficient (Wildman–Crippen LogP) is 6.26. The summed E-state index contributed by atoms with van der Waals surface area (Å²) >= 11 is 0. The Labute approximate surface area is 228 Å². The van der Waals surface area contributed by atoms with Crippen LogP contribution in [0.3, 0.4) is 0 Å². The first-order valence-corrected chi connectivity index (χ1v) is 13.2. The summed E-state index contributed by atoms with van der Waals surface area (Å²) in [5.74, 6) is 5.35. The van der Waals surface area contributed by atoms with Crippen LogP contribution in [-0.4, -0.2) is 35.9 Å². The monoisotopic (exact) mass is 529 g/mol. The van der Waals surface area contributed by atoms with Crippen LogP contribution in [0.1, 0.15) is 61.0 Å². The molecule has 2 aliphatic rings. The molecule has 5 rings (SSSR count). The number of aliphatic carboxylic acids is 1. The number of carboxylic acids is 1. The first-order valence-electron chi connectivity index (χ1n) is 13.2. The molecule has 2 heterocycles. The van der Waals surface area contributed by atoms with Gasteiger partial charge in [-0.15, -0.1) is 5.92 Å². The van der Waals surface area contributed by atoms with Crippen molar-refractivity contribution in [2.75, 3.05) is 19.8 Å². The maximum absolute atomic E-state index is 15.1. The molecular formula is C32H32FNO5. The molecule has 39 heavy (non-hydrogen) atoms. The van der Waals surface area contributed by atoms with Gasteiger partial charge < -0.3 is 19.3 Å². The highest BCUT2D eigenvalue weighted by Crippen LogP contribution is 2.42. The summed E-state index contributed by atoms with van der Waals surface area (Å²) in [5, 5.41) is 9.19. The number of hydrogen-bond donors (Lipinski definition) is 1. The lowest BCUT2D eigenvalue weighted by Crippen LogP contribution is -2.44. The van der Waals surface area contributed by atoms with Crippen molar-refractivity contribution in [2.45, 2.75) is 52.1 Å². The second-order valence-electron chi connectivity index (χ2n) is 10.7. The molecule has 0 unspecified atom stereocenters. The number of carboxylic acid groups (broad SMARTS) is 1. The number of nitrogens with zero attached hydrogens (tertiary/aromatic N) is 1. The molecule has 6 nitrogen and oxygen atoms in total. The zero-order chi connectivity index (χ0) is 27.6. The number of aromatic nitrogens is 1. The van der Waals surface area contributed by atoms with Gasteiger partial charge in [0.05, 0.1) is 32.2 Å². The highest BCUT2D eigenvalue weighted by molar-refractivity contribution is 5.72. The molecule has 0 spiro atoms. The summed E-state index contributed by atoms with van der Waals surface area (Å²) < 4.78 is 32.6. The van der Waals surface area contributed by atoms with Crippen molar-refractivity contribution >= 4 is 5.97 Å². The van der Waals surface area contributed by atoms with Crippen molar-refractivity contribution in [3.63, 3.8) is 0 Å². The van der Waals surface area contributed by atoms with Gasteiger partial charge in [0.2, 0.25) is 5.88 Å². The summed E-state index contributed by atoms with van der Waals surface area (Å²) in [4.78, 5) is 15.7. The molecule has 0 amide bonds. The van der Waals surface area contributed by atoms with Gasteiger partial charge in [0.25, 0.3) is 0 Å². The van der Waals surface area contributed by atoms with Crippen LogP contribution in [-0.2, 0) is 16.0 Å². The molecule has 7 heteroatoms. The average Bonchev–Trinajstić information content (AvgIpc) is 3.31. The van der Waals surface area contributed by atoms with E-state index in [-0.39, 0.29) is 17.7 Å². The number of rotatable bonds is 9. The van der Waals surface area contributed by atoms with Crippen LogP contribution >= 0.6 is 0 Å². The minimum atomic E-state index is -0.900. The zero-order valence-corrected chi connectivity index (χ0v) is 22.4. The molecule has 202 valence electrons.